The molecule has 0 aliphatic carbocycles. The number of hydrogen-bond acceptors (Lipinski definition) is 4. The zero-order valence-electron chi connectivity index (χ0n) is 15.7. The van der Waals surface area contributed by atoms with Gasteiger partial charge in [-0.15, -0.1) is 0 Å². The molecule has 0 unspecified atom stereocenters. The second-order valence-corrected chi connectivity index (χ2v) is 10.5. The molecule has 0 saturated carbocycles. The predicted octanol–water partition coefficient (Wildman–Crippen LogP) is 3.34. The van der Waals surface area contributed by atoms with E-state index in [1.54, 1.807) is 0 Å². The summed E-state index contributed by atoms with van der Waals surface area (Å²) in [4.78, 5) is 19.0. The lowest BCUT2D eigenvalue weighted by atomic mass is 10.0. The lowest BCUT2D eigenvalue weighted by Gasteiger charge is -2.25. The molecule has 2 fully saturated rings. The zero-order valence-corrected chi connectivity index (χ0v) is 17.4. The Kier molecular flexibility index (Phi) is 5.49. The van der Waals surface area contributed by atoms with Gasteiger partial charge in [-0.05, 0) is 49.9 Å². The molecular weight excluding hydrogens is 368 g/mol. The maximum atomic E-state index is 12.6. The summed E-state index contributed by atoms with van der Waals surface area (Å²) in [6.07, 6.45) is 1.53. The molecule has 1 aromatic carbocycles. The van der Waals surface area contributed by atoms with Gasteiger partial charge in [0, 0.05) is 16.9 Å². The van der Waals surface area contributed by atoms with Gasteiger partial charge in [-0.1, -0.05) is 31.7 Å². The van der Waals surface area contributed by atoms with E-state index in [1.165, 1.54) is 17.3 Å². The third-order valence-electron chi connectivity index (χ3n) is 5.38. The molecule has 0 bridgehead atoms. The lowest BCUT2D eigenvalue weighted by molar-refractivity contribution is -0.121. The van der Waals surface area contributed by atoms with Crippen molar-refractivity contribution in [2.24, 2.45) is 10.9 Å². The van der Waals surface area contributed by atoms with Crippen molar-refractivity contribution >= 4 is 38.4 Å². The molecule has 2 aliphatic rings. The van der Waals surface area contributed by atoms with E-state index >= 15 is 0 Å². The van der Waals surface area contributed by atoms with Gasteiger partial charge >= 0.3 is 0 Å². The van der Waals surface area contributed by atoms with Crippen LogP contribution in [-0.2, 0) is 14.6 Å². The van der Waals surface area contributed by atoms with Crippen LogP contribution in [0.1, 0.15) is 37.8 Å². The molecule has 26 heavy (non-hydrogen) atoms. The van der Waals surface area contributed by atoms with E-state index in [4.69, 9.17) is 0 Å². The van der Waals surface area contributed by atoms with E-state index in [-0.39, 0.29) is 34.6 Å². The Morgan fingerprint density at radius 1 is 1.23 bits per heavy atom. The fourth-order valence-corrected chi connectivity index (χ4v) is 7.48. The Labute approximate surface area is 160 Å². The highest BCUT2D eigenvalue weighted by atomic mass is 32.2. The highest BCUT2D eigenvalue weighted by Crippen LogP contribution is 2.41. The number of fused-ring (bicyclic) bond motifs is 1. The molecule has 1 aromatic rings. The van der Waals surface area contributed by atoms with Crippen LogP contribution < -0.4 is 4.90 Å². The number of hydrogen-bond donors (Lipinski definition) is 0. The Morgan fingerprint density at radius 3 is 2.54 bits per heavy atom. The fraction of sp³-hybridized carbons (Fsp3) is 0.579. The van der Waals surface area contributed by atoms with Gasteiger partial charge in [-0.25, -0.2) is 8.42 Å². The Bertz CT molecular complexity index is 844. The Balaban J connectivity index is 2.01. The number of anilines is 1. The van der Waals surface area contributed by atoms with Gasteiger partial charge in [-0.3, -0.25) is 4.79 Å². The number of amides is 1. The van der Waals surface area contributed by atoms with Gasteiger partial charge in [-0.2, -0.15) is 4.99 Å². The molecule has 0 spiro atoms. The SMILES string of the molecule is CCC(CC)C(=O)N=C1S[C@@H]2CS(=O)(=O)C[C@@H]2N1c1ccc(C)c(C)c1. The summed E-state index contributed by atoms with van der Waals surface area (Å²) in [7, 11) is -3.04. The summed E-state index contributed by atoms with van der Waals surface area (Å²) in [5.74, 6) is 0.0977. The van der Waals surface area contributed by atoms with E-state index in [9.17, 15) is 13.2 Å². The minimum Gasteiger partial charge on any atom is -0.316 e. The highest BCUT2D eigenvalue weighted by molar-refractivity contribution is 8.16. The molecule has 5 nitrogen and oxygen atoms in total. The summed E-state index contributed by atoms with van der Waals surface area (Å²) in [5, 5.41) is 0.588. The molecule has 2 aliphatic heterocycles. The fourth-order valence-electron chi connectivity index (χ4n) is 3.57. The smallest absolute Gasteiger partial charge is 0.251 e. The van der Waals surface area contributed by atoms with E-state index in [0.29, 0.717) is 5.17 Å². The van der Waals surface area contributed by atoms with Gasteiger partial charge in [0.1, 0.15) is 0 Å². The minimum atomic E-state index is -3.04. The molecule has 142 valence electrons. The summed E-state index contributed by atoms with van der Waals surface area (Å²) in [5.41, 5.74) is 3.24. The second kappa shape index (κ2) is 7.35. The van der Waals surface area contributed by atoms with Gasteiger partial charge in [0.05, 0.1) is 17.5 Å². The monoisotopic (exact) mass is 394 g/mol. The van der Waals surface area contributed by atoms with Crippen molar-refractivity contribution in [2.75, 3.05) is 16.4 Å². The van der Waals surface area contributed by atoms with Crippen LogP contribution in [0, 0.1) is 19.8 Å². The van der Waals surface area contributed by atoms with Crippen molar-refractivity contribution in [2.45, 2.75) is 51.8 Å². The van der Waals surface area contributed by atoms with E-state index < -0.39 is 9.84 Å². The molecular formula is C19H26N2O3S2. The topological polar surface area (TPSA) is 66.8 Å². The van der Waals surface area contributed by atoms with Crippen LogP contribution >= 0.6 is 11.8 Å². The van der Waals surface area contributed by atoms with E-state index in [0.717, 1.165) is 24.1 Å². The molecule has 3 rings (SSSR count). The highest BCUT2D eigenvalue weighted by Gasteiger charge is 2.49. The van der Waals surface area contributed by atoms with Crippen molar-refractivity contribution < 1.29 is 13.2 Å². The first-order chi connectivity index (χ1) is 12.3. The molecule has 0 N–H and O–H groups in total. The minimum absolute atomic E-state index is 0.0603. The summed E-state index contributed by atoms with van der Waals surface area (Å²) >= 11 is 1.44. The number of sulfone groups is 1. The maximum Gasteiger partial charge on any atom is 0.251 e. The van der Waals surface area contributed by atoms with Crippen molar-refractivity contribution in [1.82, 2.24) is 0 Å². The van der Waals surface area contributed by atoms with Crippen molar-refractivity contribution in [3.63, 3.8) is 0 Å². The van der Waals surface area contributed by atoms with Crippen LogP contribution in [0.15, 0.2) is 23.2 Å². The number of carbonyl (C=O) groups excluding carboxylic acids is 1. The normalized spacial score (nSPS) is 25.9. The van der Waals surface area contributed by atoms with E-state index in [1.807, 2.05) is 44.7 Å². The number of rotatable bonds is 4. The zero-order chi connectivity index (χ0) is 19.1. The van der Waals surface area contributed by atoms with Crippen LogP contribution in [0.2, 0.25) is 0 Å². The predicted molar refractivity (Wildman–Crippen MR) is 109 cm³/mol. The number of aliphatic imine (C=N–C) groups is 1. The quantitative estimate of drug-likeness (QED) is 0.783. The average molecular weight is 395 g/mol. The van der Waals surface area contributed by atoms with Crippen molar-refractivity contribution in [3.8, 4) is 0 Å². The van der Waals surface area contributed by atoms with Crippen molar-refractivity contribution in [1.29, 1.82) is 0 Å². The number of nitrogens with zero attached hydrogens (tertiary/aromatic N) is 2. The molecule has 2 saturated heterocycles. The first-order valence-corrected chi connectivity index (χ1v) is 11.8. The van der Waals surface area contributed by atoms with Gasteiger partial charge in [0.25, 0.3) is 5.91 Å². The van der Waals surface area contributed by atoms with Crippen LogP contribution in [0.25, 0.3) is 0 Å². The Morgan fingerprint density at radius 2 is 1.92 bits per heavy atom. The first kappa shape index (κ1) is 19.4. The molecule has 2 heterocycles. The van der Waals surface area contributed by atoms with Crippen molar-refractivity contribution in [3.05, 3.63) is 29.3 Å². The van der Waals surface area contributed by atoms with Gasteiger partial charge < -0.3 is 4.90 Å². The average Bonchev–Trinajstić information content (AvgIpc) is 3.02. The largest absolute Gasteiger partial charge is 0.316 e. The lowest BCUT2D eigenvalue weighted by Crippen LogP contribution is -2.38. The van der Waals surface area contributed by atoms with Crippen LogP contribution in [0.3, 0.4) is 0 Å². The first-order valence-electron chi connectivity index (χ1n) is 9.11. The van der Waals surface area contributed by atoms with Crippen LogP contribution in [0.5, 0.6) is 0 Å². The van der Waals surface area contributed by atoms with Gasteiger partial charge in [0.2, 0.25) is 0 Å². The third-order valence-corrected chi connectivity index (χ3v) is 8.59. The second-order valence-electron chi connectivity index (χ2n) is 7.19. The number of thioether (sulfide) groups is 1. The summed E-state index contributed by atoms with van der Waals surface area (Å²) in [6, 6.07) is 5.93. The van der Waals surface area contributed by atoms with Gasteiger partial charge in [0.15, 0.2) is 15.0 Å². The number of aryl methyl sites for hydroxylation is 2. The standard InChI is InChI=1S/C19H26N2O3S2/c1-5-14(6-2)18(22)20-19-21(15-8-7-12(3)13(4)9-15)16-10-26(23,24)11-17(16)25-19/h7-9,14,16-17H,5-6,10-11H2,1-4H3/t16-,17+/m0/s1. The summed E-state index contributed by atoms with van der Waals surface area (Å²) in [6.45, 7) is 8.08. The number of carbonyl (C=O) groups is 1. The number of amidine groups is 1. The molecule has 7 heteroatoms. The molecule has 1 amide bonds. The van der Waals surface area contributed by atoms with Crippen LogP contribution in [-0.4, -0.2) is 42.3 Å². The maximum absolute atomic E-state index is 12.6. The Hall–Kier alpha value is -1.34. The van der Waals surface area contributed by atoms with Crippen LogP contribution in [0.4, 0.5) is 5.69 Å². The third kappa shape index (κ3) is 3.69. The summed E-state index contributed by atoms with van der Waals surface area (Å²) < 4.78 is 24.3. The number of benzene rings is 1. The molecule has 0 radical (unpaired) electrons. The molecule has 0 aromatic heterocycles. The van der Waals surface area contributed by atoms with E-state index in [2.05, 4.69) is 11.1 Å². The molecule has 2 atom stereocenters.